The Morgan fingerprint density at radius 1 is 1.21 bits per heavy atom. The Morgan fingerprint density at radius 2 is 1.92 bits per heavy atom. The fourth-order valence-corrected chi connectivity index (χ4v) is 3.05. The first-order valence-corrected chi connectivity index (χ1v) is 8.16. The van der Waals surface area contributed by atoms with Gasteiger partial charge in [0.25, 0.3) is 5.91 Å². The van der Waals surface area contributed by atoms with E-state index in [0.29, 0.717) is 24.4 Å². The Bertz CT molecular complexity index is 699. The quantitative estimate of drug-likeness (QED) is 0.861. The van der Waals surface area contributed by atoms with Gasteiger partial charge in [-0.25, -0.2) is 0 Å². The Kier molecular flexibility index (Phi) is 4.85. The van der Waals surface area contributed by atoms with Gasteiger partial charge >= 0.3 is 0 Å². The van der Waals surface area contributed by atoms with Gasteiger partial charge in [0.15, 0.2) is 0 Å². The fourth-order valence-electron chi connectivity index (χ4n) is 3.05. The summed E-state index contributed by atoms with van der Waals surface area (Å²) in [6.45, 7) is 7.82. The molecule has 0 N–H and O–H groups in total. The zero-order chi connectivity index (χ0) is 17.1. The number of piperazine rings is 1. The van der Waals surface area contributed by atoms with E-state index in [1.54, 1.807) is 7.11 Å². The van der Waals surface area contributed by atoms with E-state index in [2.05, 4.69) is 10.1 Å². The number of aryl methyl sites for hydroxylation is 2. The van der Waals surface area contributed by atoms with Gasteiger partial charge in [0.2, 0.25) is 0 Å². The summed E-state index contributed by atoms with van der Waals surface area (Å²) in [5, 5.41) is 4.00. The second-order valence-electron chi connectivity index (χ2n) is 6.07. The van der Waals surface area contributed by atoms with Gasteiger partial charge in [-0.2, -0.15) is 0 Å². The van der Waals surface area contributed by atoms with Crippen LogP contribution in [-0.4, -0.2) is 54.2 Å². The summed E-state index contributed by atoms with van der Waals surface area (Å²) < 4.78 is 10.5. The lowest BCUT2D eigenvalue weighted by molar-refractivity contribution is 0.0624. The van der Waals surface area contributed by atoms with Crippen LogP contribution in [0.4, 0.5) is 0 Å². The molecule has 1 saturated heterocycles. The molecule has 1 aromatic heterocycles. The van der Waals surface area contributed by atoms with Crippen LogP contribution in [0.25, 0.3) is 0 Å². The number of para-hydroxylation sites is 1. The lowest BCUT2D eigenvalue weighted by atomic mass is 10.1. The largest absolute Gasteiger partial charge is 0.496 e. The van der Waals surface area contributed by atoms with Gasteiger partial charge in [-0.1, -0.05) is 17.3 Å². The molecule has 1 aromatic carbocycles. The van der Waals surface area contributed by atoms with Crippen molar-refractivity contribution >= 4 is 5.91 Å². The maximum Gasteiger partial charge on any atom is 0.257 e. The Labute approximate surface area is 142 Å². The molecule has 0 aliphatic carbocycles. The van der Waals surface area contributed by atoms with Crippen LogP contribution in [-0.2, 0) is 6.54 Å². The minimum absolute atomic E-state index is 0.0319. The first kappa shape index (κ1) is 16.5. The average molecular weight is 329 g/mol. The van der Waals surface area contributed by atoms with Crippen LogP contribution in [0.2, 0.25) is 0 Å². The summed E-state index contributed by atoms with van der Waals surface area (Å²) in [6, 6.07) is 7.37. The van der Waals surface area contributed by atoms with Crippen molar-refractivity contribution in [2.24, 2.45) is 0 Å². The molecule has 6 nitrogen and oxygen atoms in total. The molecule has 128 valence electrons. The standard InChI is InChI=1S/C18H23N3O3/c1-13-16(14(2)24-19-13)12-20-8-10-21(11-9-20)18(22)15-6-4-5-7-17(15)23-3/h4-7H,8-12H2,1-3H3. The summed E-state index contributed by atoms with van der Waals surface area (Å²) >= 11 is 0. The van der Waals surface area contributed by atoms with Gasteiger partial charge in [0.1, 0.15) is 11.5 Å². The molecule has 1 aliphatic rings. The van der Waals surface area contributed by atoms with E-state index in [1.165, 1.54) is 0 Å². The molecule has 0 spiro atoms. The highest BCUT2D eigenvalue weighted by atomic mass is 16.5. The molecule has 0 unspecified atom stereocenters. The summed E-state index contributed by atoms with van der Waals surface area (Å²) in [5.74, 6) is 1.53. The number of amides is 1. The monoisotopic (exact) mass is 329 g/mol. The number of benzene rings is 1. The molecule has 24 heavy (non-hydrogen) atoms. The maximum absolute atomic E-state index is 12.7. The van der Waals surface area contributed by atoms with E-state index in [1.807, 2.05) is 43.0 Å². The van der Waals surface area contributed by atoms with Crippen molar-refractivity contribution in [3.05, 3.63) is 46.8 Å². The zero-order valence-electron chi connectivity index (χ0n) is 14.4. The summed E-state index contributed by atoms with van der Waals surface area (Å²) in [4.78, 5) is 16.9. The van der Waals surface area contributed by atoms with Crippen LogP contribution in [0.3, 0.4) is 0 Å². The third-order valence-electron chi connectivity index (χ3n) is 4.56. The van der Waals surface area contributed by atoms with E-state index in [9.17, 15) is 4.79 Å². The van der Waals surface area contributed by atoms with Gasteiger partial charge in [-0.3, -0.25) is 9.69 Å². The van der Waals surface area contributed by atoms with Crippen molar-refractivity contribution in [2.45, 2.75) is 20.4 Å². The zero-order valence-corrected chi connectivity index (χ0v) is 14.4. The Morgan fingerprint density at radius 3 is 2.54 bits per heavy atom. The summed E-state index contributed by atoms with van der Waals surface area (Å²) in [5.41, 5.74) is 2.72. The predicted molar refractivity (Wildman–Crippen MR) is 90.2 cm³/mol. The Hall–Kier alpha value is -2.34. The maximum atomic E-state index is 12.7. The van der Waals surface area contributed by atoms with Gasteiger partial charge in [-0.05, 0) is 26.0 Å². The summed E-state index contributed by atoms with van der Waals surface area (Å²) in [6.07, 6.45) is 0. The van der Waals surface area contributed by atoms with E-state index >= 15 is 0 Å². The molecule has 3 rings (SSSR count). The molecule has 1 aliphatic heterocycles. The van der Waals surface area contributed by atoms with Gasteiger partial charge in [0.05, 0.1) is 18.4 Å². The smallest absolute Gasteiger partial charge is 0.257 e. The van der Waals surface area contributed by atoms with Gasteiger partial charge in [-0.15, -0.1) is 0 Å². The van der Waals surface area contributed by atoms with Crippen LogP contribution in [0.15, 0.2) is 28.8 Å². The van der Waals surface area contributed by atoms with Crippen LogP contribution in [0, 0.1) is 13.8 Å². The summed E-state index contributed by atoms with van der Waals surface area (Å²) in [7, 11) is 1.59. The van der Waals surface area contributed by atoms with Crippen LogP contribution in [0.5, 0.6) is 5.75 Å². The van der Waals surface area contributed by atoms with Crippen molar-refractivity contribution in [1.82, 2.24) is 15.0 Å². The number of hydrogen-bond acceptors (Lipinski definition) is 5. The van der Waals surface area contributed by atoms with Crippen molar-refractivity contribution in [3.63, 3.8) is 0 Å². The Balaban J connectivity index is 1.62. The number of ether oxygens (including phenoxy) is 1. The first-order valence-electron chi connectivity index (χ1n) is 8.16. The highest BCUT2D eigenvalue weighted by Crippen LogP contribution is 2.21. The van der Waals surface area contributed by atoms with Crippen molar-refractivity contribution < 1.29 is 14.1 Å². The van der Waals surface area contributed by atoms with Crippen molar-refractivity contribution in [2.75, 3.05) is 33.3 Å². The molecule has 2 heterocycles. The number of nitrogens with zero attached hydrogens (tertiary/aromatic N) is 3. The molecule has 0 saturated carbocycles. The molecule has 1 fully saturated rings. The van der Waals surface area contributed by atoms with Gasteiger partial charge < -0.3 is 14.2 Å². The molecular formula is C18H23N3O3. The van der Waals surface area contributed by atoms with Crippen LogP contribution >= 0.6 is 0 Å². The molecule has 0 bridgehead atoms. The molecule has 6 heteroatoms. The molecule has 0 radical (unpaired) electrons. The highest BCUT2D eigenvalue weighted by molar-refractivity contribution is 5.97. The van der Waals surface area contributed by atoms with Gasteiger partial charge in [0, 0.05) is 38.3 Å². The molecule has 0 atom stereocenters. The minimum Gasteiger partial charge on any atom is -0.496 e. The number of rotatable bonds is 4. The number of methoxy groups -OCH3 is 1. The number of hydrogen-bond donors (Lipinski definition) is 0. The first-order chi connectivity index (χ1) is 11.6. The second kappa shape index (κ2) is 7.05. The fraction of sp³-hybridized carbons (Fsp3) is 0.444. The lowest BCUT2D eigenvalue weighted by Gasteiger charge is -2.34. The normalized spacial score (nSPS) is 15.5. The van der Waals surface area contributed by atoms with E-state index in [0.717, 1.165) is 36.7 Å². The highest BCUT2D eigenvalue weighted by Gasteiger charge is 2.25. The molecule has 1 amide bonds. The van der Waals surface area contributed by atoms with E-state index in [4.69, 9.17) is 9.26 Å². The van der Waals surface area contributed by atoms with Crippen LogP contribution in [0.1, 0.15) is 27.4 Å². The minimum atomic E-state index is 0.0319. The van der Waals surface area contributed by atoms with E-state index < -0.39 is 0 Å². The van der Waals surface area contributed by atoms with Crippen LogP contribution < -0.4 is 4.74 Å². The third kappa shape index (κ3) is 3.28. The SMILES string of the molecule is COc1ccccc1C(=O)N1CCN(Cc2c(C)noc2C)CC1. The molecular weight excluding hydrogens is 306 g/mol. The number of carbonyl (C=O) groups excluding carboxylic acids is 1. The van der Waals surface area contributed by atoms with Crippen molar-refractivity contribution in [1.29, 1.82) is 0 Å². The second-order valence-corrected chi connectivity index (χ2v) is 6.07. The molecule has 2 aromatic rings. The number of aromatic nitrogens is 1. The third-order valence-corrected chi connectivity index (χ3v) is 4.56. The number of carbonyl (C=O) groups is 1. The topological polar surface area (TPSA) is 58.8 Å². The van der Waals surface area contributed by atoms with E-state index in [-0.39, 0.29) is 5.91 Å². The lowest BCUT2D eigenvalue weighted by Crippen LogP contribution is -2.48. The predicted octanol–water partition coefficient (Wildman–Crippen LogP) is 2.26. The van der Waals surface area contributed by atoms with Crippen molar-refractivity contribution in [3.8, 4) is 5.75 Å². The average Bonchev–Trinajstić information content (AvgIpc) is 2.93.